The van der Waals surface area contributed by atoms with Gasteiger partial charge in [0, 0.05) is 71.5 Å². The summed E-state index contributed by atoms with van der Waals surface area (Å²) in [6.07, 6.45) is 0. The minimum atomic E-state index is 0.573. The second kappa shape index (κ2) is 15.6. The number of furan rings is 1. The molecule has 6 nitrogen and oxygen atoms in total. The van der Waals surface area contributed by atoms with Gasteiger partial charge in [-0.1, -0.05) is 164 Å². The number of benzene rings is 10. The van der Waals surface area contributed by atoms with Crippen molar-refractivity contribution in [3.63, 3.8) is 0 Å². The van der Waals surface area contributed by atoms with Crippen molar-refractivity contribution in [2.75, 3.05) is 0 Å². The molecule has 14 aromatic rings. The lowest BCUT2D eigenvalue weighted by Crippen LogP contribution is -2.00. The molecule has 4 aromatic heterocycles. The Morgan fingerprint density at radius 2 is 0.696 bits per heavy atom. The Morgan fingerprint density at radius 1 is 0.275 bits per heavy atom. The van der Waals surface area contributed by atoms with Gasteiger partial charge in [0.2, 0.25) is 0 Å². The highest BCUT2D eigenvalue weighted by molar-refractivity contribution is 6.20. The zero-order valence-electron chi connectivity index (χ0n) is 37.2. The number of nitrogens with zero attached hydrogens (tertiary/aromatic N) is 5. The third-order valence-electron chi connectivity index (χ3n) is 13.6. The molecular formula is C63H39N5O. The minimum Gasteiger partial charge on any atom is -0.455 e. The van der Waals surface area contributed by atoms with E-state index in [-0.39, 0.29) is 0 Å². The van der Waals surface area contributed by atoms with Gasteiger partial charge in [-0.2, -0.15) is 0 Å². The first-order valence-electron chi connectivity index (χ1n) is 23.3. The molecule has 0 fully saturated rings. The summed E-state index contributed by atoms with van der Waals surface area (Å²) in [5.74, 6) is 1.78. The summed E-state index contributed by atoms with van der Waals surface area (Å²) in [5.41, 5.74) is 15.2. The third-order valence-corrected chi connectivity index (χ3v) is 13.6. The van der Waals surface area contributed by atoms with Gasteiger partial charge >= 0.3 is 0 Å². The monoisotopic (exact) mass is 881 g/mol. The second-order valence-corrected chi connectivity index (χ2v) is 17.5. The average molecular weight is 882 g/mol. The van der Waals surface area contributed by atoms with Crippen molar-refractivity contribution in [1.82, 2.24) is 24.1 Å². The second-order valence-electron chi connectivity index (χ2n) is 17.5. The summed E-state index contributed by atoms with van der Waals surface area (Å²) < 4.78 is 12.1. The van der Waals surface area contributed by atoms with Crippen molar-refractivity contribution in [3.05, 3.63) is 237 Å². The Morgan fingerprint density at radius 3 is 1.23 bits per heavy atom. The number of hydrogen-bond donors (Lipinski definition) is 0. The van der Waals surface area contributed by atoms with E-state index in [1.807, 2.05) is 60.7 Å². The SMILES string of the molecule is c1ccc(-c2nc(-c3ccccc3)nc(-c3ccc(-c4ccc5c(c4)c4ccccc4n5-c4ccccc4)c4oc5c(-c6ccc7c(c6)c6ccccc6n7-c6ccccc6)cccc5c34)n2)cc1. The normalized spacial score (nSPS) is 11.8. The van der Waals surface area contributed by atoms with E-state index >= 15 is 0 Å². The van der Waals surface area contributed by atoms with Crippen molar-refractivity contribution in [2.24, 2.45) is 0 Å². The molecule has 0 spiro atoms. The molecule has 0 aliphatic carbocycles. The largest absolute Gasteiger partial charge is 0.455 e. The highest BCUT2D eigenvalue weighted by atomic mass is 16.3. The smallest absolute Gasteiger partial charge is 0.164 e. The van der Waals surface area contributed by atoms with Crippen LogP contribution < -0.4 is 0 Å². The van der Waals surface area contributed by atoms with Crippen LogP contribution in [0.3, 0.4) is 0 Å². The molecule has 69 heavy (non-hydrogen) atoms. The van der Waals surface area contributed by atoms with Crippen molar-refractivity contribution >= 4 is 65.6 Å². The molecule has 4 heterocycles. The van der Waals surface area contributed by atoms with Gasteiger partial charge in [0.15, 0.2) is 17.5 Å². The Balaban J connectivity index is 1.03. The number of fused-ring (bicyclic) bond motifs is 9. The van der Waals surface area contributed by atoms with E-state index in [1.165, 1.54) is 21.5 Å². The fraction of sp³-hybridized carbons (Fsp3) is 0. The zero-order valence-corrected chi connectivity index (χ0v) is 37.2. The molecule has 14 rings (SSSR count). The number of rotatable bonds is 7. The van der Waals surface area contributed by atoms with E-state index in [9.17, 15) is 0 Å². The fourth-order valence-electron chi connectivity index (χ4n) is 10.5. The van der Waals surface area contributed by atoms with Crippen LogP contribution in [0.4, 0.5) is 0 Å². The van der Waals surface area contributed by atoms with Gasteiger partial charge in [0.05, 0.1) is 22.1 Å². The van der Waals surface area contributed by atoms with Crippen LogP contribution in [-0.4, -0.2) is 24.1 Å². The zero-order chi connectivity index (χ0) is 45.4. The van der Waals surface area contributed by atoms with Gasteiger partial charge in [-0.15, -0.1) is 0 Å². The van der Waals surface area contributed by atoms with Crippen LogP contribution in [0.15, 0.2) is 241 Å². The number of aromatic nitrogens is 5. The van der Waals surface area contributed by atoms with Crippen LogP contribution in [-0.2, 0) is 0 Å². The van der Waals surface area contributed by atoms with Crippen molar-refractivity contribution in [2.45, 2.75) is 0 Å². The van der Waals surface area contributed by atoms with Crippen LogP contribution in [0.5, 0.6) is 0 Å². The lowest BCUT2D eigenvalue weighted by molar-refractivity contribution is 0.671. The molecule has 0 unspecified atom stereocenters. The van der Waals surface area contributed by atoms with E-state index < -0.39 is 0 Å². The summed E-state index contributed by atoms with van der Waals surface area (Å²) in [6.45, 7) is 0. The molecule has 0 amide bonds. The highest BCUT2D eigenvalue weighted by Gasteiger charge is 2.24. The molecular weight excluding hydrogens is 843 g/mol. The Labute approximate surface area is 396 Å². The van der Waals surface area contributed by atoms with E-state index in [0.717, 1.165) is 94.3 Å². The fourth-order valence-corrected chi connectivity index (χ4v) is 10.5. The van der Waals surface area contributed by atoms with Crippen LogP contribution in [0.25, 0.3) is 133 Å². The molecule has 322 valence electrons. The standard InChI is InChI=1S/C63H39N5O/c1-5-18-40(19-6-1)61-64-62(41-20-7-2-8-21-41)66-63(65-61)51-35-34-47(43-33-37-57-53(39-43)49-27-14-16-31-55(49)68(57)45-24-11-4-12-25-45)60-58(51)50-29-17-28-46(59(50)69-60)42-32-36-56-52(38-42)48-26-13-15-30-54(48)67(56)44-22-9-3-10-23-44/h1-39H. The van der Waals surface area contributed by atoms with E-state index in [0.29, 0.717) is 17.5 Å². The van der Waals surface area contributed by atoms with Gasteiger partial charge in [0.1, 0.15) is 11.2 Å². The summed E-state index contributed by atoms with van der Waals surface area (Å²) in [6, 6.07) is 83.2. The van der Waals surface area contributed by atoms with Crippen molar-refractivity contribution < 1.29 is 4.42 Å². The Kier molecular flexibility index (Phi) is 8.79. The predicted molar refractivity (Wildman–Crippen MR) is 283 cm³/mol. The van der Waals surface area contributed by atoms with Gasteiger partial charge in [-0.25, -0.2) is 15.0 Å². The minimum absolute atomic E-state index is 0.573. The van der Waals surface area contributed by atoms with E-state index in [4.69, 9.17) is 19.4 Å². The van der Waals surface area contributed by atoms with E-state index in [2.05, 4.69) is 185 Å². The first-order chi connectivity index (χ1) is 34.2. The maximum atomic E-state index is 7.38. The lowest BCUT2D eigenvalue weighted by atomic mass is 9.95. The summed E-state index contributed by atoms with van der Waals surface area (Å²) in [7, 11) is 0. The van der Waals surface area contributed by atoms with Gasteiger partial charge < -0.3 is 13.6 Å². The topological polar surface area (TPSA) is 61.7 Å². The Bertz CT molecular complexity index is 4230. The number of para-hydroxylation sites is 5. The molecule has 0 radical (unpaired) electrons. The molecule has 6 heteroatoms. The van der Waals surface area contributed by atoms with Gasteiger partial charge in [-0.05, 0) is 83.9 Å². The van der Waals surface area contributed by atoms with Crippen molar-refractivity contribution in [3.8, 4) is 67.8 Å². The molecule has 0 bridgehead atoms. The van der Waals surface area contributed by atoms with Crippen LogP contribution in [0.1, 0.15) is 0 Å². The van der Waals surface area contributed by atoms with Crippen molar-refractivity contribution in [1.29, 1.82) is 0 Å². The Hall–Kier alpha value is -9.39. The third kappa shape index (κ3) is 6.23. The summed E-state index contributed by atoms with van der Waals surface area (Å²) in [5, 5.41) is 6.66. The van der Waals surface area contributed by atoms with E-state index in [1.54, 1.807) is 0 Å². The molecule has 0 N–H and O–H groups in total. The molecule has 0 atom stereocenters. The first kappa shape index (κ1) is 38.8. The maximum absolute atomic E-state index is 7.38. The highest BCUT2D eigenvalue weighted by Crippen LogP contribution is 2.46. The van der Waals surface area contributed by atoms with Gasteiger partial charge in [-0.3, -0.25) is 0 Å². The average Bonchev–Trinajstić information content (AvgIpc) is 4.09. The predicted octanol–water partition coefficient (Wildman–Crippen LogP) is 16.3. The first-order valence-corrected chi connectivity index (χ1v) is 23.3. The van der Waals surface area contributed by atoms with Crippen LogP contribution in [0.2, 0.25) is 0 Å². The molecule has 0 saturated heterocycles. The summed E-state index contributed by atoms with van der Waals surface area (Å²) >= 11 is 0. The summed E-state index contributed by atoms with van der Waals surface area (Å²) in [4.78, 5) is 15.5. The number of hydrogen-bond acceptors (Lipinski definition) is 4. The van der Waals surface area contributed by atoms with Crippen LogP contribution in [0, 0.1) is 0 Å². The quantitative estimate of drug-likeness (QED) is 0.160. The molecule has 0 saturated carbocycles. The molecule has 0 aliphatic rings. The molecule has 10 aromatic carbocycles. The van der Waals surface area contributed by atoms with Crippen LogP contribution >= 0.6 is 0 Å². The van der Waals surface area contributed by atoms with Gasteiger partial charge in [0.25, 0.3) is 0 Å². The molecule has 0 aliphatic heterocycles. The lowest BCUT2D eigenvalue weighted by Gasteiger charge is -2.11. The maximum Gasteiger partial charge on any atom is 0.164 e.